The lowest BCUT2D eigenvalue weighted by Crippen LogP contribution is -2.25. The highest BCUT2D eigenvalue weighted by Crippen LogP contribution is 2.38. The minimum Gasteiger partial charge on any atom is -0.326 e. The van der Waals surface area contributed by atoms with Crippen LogP contribution in [0.2, 0.25) is 0 Å². The molecule has 8 heteroatoms. The standard InChI is InChI=1S/C28H25FN4O2S/c1-17-8-13-22(14-18(17)2)30-26(34)16-25-27(35)31-28(36-25)33-24(20-9-11-21(29)12-10-20)15-23(32-33)19-6-4-3-5-7-19/h3-14,24-25H,15-16H2,1-2H3,(H,30,34)/t24-,25+/m1/s1. The lowest BCUT2D eigenvalue weighted by atomic mass is 9.99. The number of benzene rings is 3. The van der Waals surface area contributed by atoms with Gasteiger partial charge in [0.05, 0.1) is 11.8 Å². The predicted molar refractivity (Wildman–Crippen MR) is 142 cm³/mol. The number of halogens is 1. The van der Waals surface area contributed by atoms with Gasteiger partial charge in [-0.05, 0) is 60.4 Å². The molecule has 2 atom stereocenters. The summed E-state index contributed by atoms with van der Waals surface area (Å²) in [5.41, 5.74) is 5.63. The molecule has 36 heavy (non-hydrogen) atoms. The van der Waals surface area contributed by atoms with Gasteiger partial charge in [-0.15, -0.1) is 0 Å². The van der Waals surface area contributed by atoms with Gasteiger partial charge in [-0.2, -0.15) is 10.1 Å². The minimum atomic E-state index is -0.628. The van der Waals surface area contributed by atoms with Gasteiger partial charge < -0.3 is 5.32 Å². The Morgan fingerprint density at radius 2 is 1.81 bits per heavy atom. The number of nitrogens with zero attached hydrogens (tertiary/aromatic N) is 3. The fourth-order valence-corrected chi connectivity index (χ4v) is 5.30. The molecule has 0 saturated carbocycles. The monoisotopic (exact) mass is 500 g/mol. The SMILES string of the molecule is Cc1ccc(NC(=O)C[C@@H]2SC(N3N=C(c4ccccc4)C[C@@H]3c3ccc(F)cc3)=NC2=O)cc1C. The normalized spacial score (nSPS) is 19.3. The van der Waals surface area contributed by atoms with Gasteiger partial charge in [-0.3, -0.25) is 9.59 Å². The Morgan fingerprint density at radius 3 is 2.53 bits per heavy atom. The number of nitrogens with one attached hydrogen (secondary N) is 1. The van der Waals surface area contributed by atoms with Crippen LogP contribution in [0, 0.1) is 19.7 Å². The van der Waals surface area contributed by atoms with Crippen LogP contribution in [0.3, 0.4) is 0 Å². The quantitative estimate of drug-likeness (QED) is 0.493. The molecule has 182 valence electrons. The number of aliphatic imine (C=N–C) groups is 1. The van der Waals surface area contributed by atoms with Gasteiger partial charge >= 0.3 is 0 Å². The number of amides is 2. The third-order valence-corrected chi connectivity index (χ3v) is 7.50. The van der Waals surface area contributed by atoms with Crippen LogP contribution in [0.15, 0.2) is 82.9 Å². The number of hydrogen-bond acceptors (Lipinski definition) is 5. The Labute approximate surface area is 213 Å². The first-order valence-corrected chi connectivity index (χ1v) is 12.6. The summed E-state index contributed by atoms with van der Waals surface area (Å²) in [5, 5.41) is 9.24. The second-order valence-corrected chi connectivity index (χ2v) is 10.1. The molecule has 0 saturated heterocycles. The van der Waals surface area contributed by atoms with Crippen LogP contribution >= 0.6 is 11.8 Å². The van der Waals surface area contributed by atoms with Crippen molar-refractivity contribution in [2.75, 3.05) is 5.32 Å². The molecular formula is C28H25FN4O2S. The average Bonchev–Trinajstić information content (AvgIpc) is 3.46. The first-order chi connectivity index (χ1) is 17.4. The van der Waals surface area contributed by atoms with E-state index in [4.69, 9.17) is 5.10 Å². The number of amidine groups is 1. The maximum Gasteiger partial charge on any atom is 0.262 e. The summed E-state index contributed by atoms with van der Waals surface area (Å²) in [6.07, 6.45) is 0.592. The van der Waals surface area contributed by atoms with Crippen LogP contribution in [-0.2, 0) is 9.59 Å². The molecule has 2 heterocycles. The molecule has 0 spiro atoms. The van der Waals surface area contributed by atoms with Crippen LogP contribution in [0.4, 0.5) is 10.1 Å². The van der Waals surface area contributed by atoms with Gasteiger partial charge in [0.25, 0.3) is 5.91 Å². The smallest absolute Gasteiger partial charge is 0.262 e. The fraction of sp³-hybridized carbons (Fsp3) is 0.214. The average molecular weight is 501 g/mol. The van der Waals surface area contributed by atoms with E-state index in [0.717, 1.165) is 28.0 Å². The van der Waals surface area contributed by atoms with Gasteiger partial charge in [-0.25, -0.2) is 9.40 Å². The summed E-state index contributed by atoms with van der Waals surface area (Å²) < 4.78 is 13.6. The third kappa shape index (κ3) is 5.09. The number of hydrazone groups is 1. The summed E-state index contributed by atoms with van der Waals surface area (Å²) in [4.78, 5) is 29.7. The lowest BCUT2D eigenvalue weighted by molar-refractivity contribution is -0.121. The molecule has 2 aliphatic heterocycles. The van der Waals surface area contributed by atoms with E-state index in [2.05, 4.69) is 10.3 Å². The van der Waals surface area contributed by atoms with Gasteiger partial charge in [0.2, 0.25) is 5.91 Å². The summed E-state index contributed by atoms with van der Waals surface area (Å²) in [6.45, 7) is 4.00. The molecule has 6 nitrogen and oxygen atoms in total. The summed E-state index contributed by atoms with van der Waals surface area (Å²) in [7, 11) is 0. The Kier molecular flexibility index (Phi) is 6.69. The summed E-state index contributed by atoms with van der Waals surface area (Å²) in [6, 6.07) is 21.6. The number of hydrogen-bond donors (Lipinski definition) is 1. The van der Waals surface area contributed by atoms with Crippen LogP contribution in [0.5, 0.6) is 0 Å². The second kappa shape index (κ2) is 10.1. The van der Waals surface area contributed by atoms with Crippen molar-refractivity contribution in [2.24, 2.45) is 10.1 Å². The van der Waals surface area contributed by atoms with Crippen LogP contribution < -0.4 is 5.32 Å². The maximum atomic E-state index is 13.6. The molecule has 1 N–H and O–H groups in total. The highest BCUT2D eigenvalue weighted by atomic mass is 32.2. The minimum absolute atomic E-state index is 0.00767. The molecule has 2 amide bonds. The molecule has 0 unspecified atom stereocenters. The van der Waals surface area contributed by atoms with Gasteiger partial charge in [0, 0.05) is 18.5 Å². The molecule has 0 aromatic heterocycles. The van der Waals surface area contributed by atoms with Crippen molar-refractivity contribution < 1.29 is 14.0 Å². The number of carbonyl (C=O) groups excluding carboxylic acids is 2. The van der Waals surface area contributed by atoms with E-state index in [1.807, 2.05) is 62.4 Å². The predicted octanol–water partition coefficient (Wildman–Crippen LogP) is 5.62. The molecule has 3 aromatic rings. The highest BCUT2D eigenvalue weighted by Gasteiger charge is 2.39. The number of anilines is 1. The van der Waals surface area contributed by atoms with Crippen molar-refractivity contribution >= 4 is 40.1 Å². The van der Waals surface area contributed by atoms with Crippen molar-refractivity contribution in [3.63, 3.8) is 0 Å². The van der Waals surface area contributed by atoms with E-state index >= 15 is 0 Å². The van der Waals surface area contributed by atoms with E-state index in [0.29, 0.717) is 17.3 Å². The number of aryl methyl sites for hydroxylation is 2. The topological polar surface area (TPSA) is 74.1 Å². The van der Waals surface area contributed by atoms with Crippen molar-refractivity contribution in [3.8, 4) is 0 Å². The molecule has 5 rings (SSSR count). The van der Waals surface area contributed by atoms with E-state index in [9.17, 15) is 14.0 Å². The third-order valence-electron chi connectivity index (χ3n) is 6.36. The first kappa shape index (κ1) is 23.9. The zero-order valence-corrected chi connectivity index (χ0v) is 20.8. The van der Waals surface area contributed by atoms with Crippen molar-refractivity contribution in [1.29, 1.82) is 0 Å². The number of rotatable bonds is 5. The fourth-order valence-electron chi connectivity index (χ4n) is 4.24. The van der Waals surface area contributed by atoms with Crippen LogP contribution in [0.25, 0.3) is 0 Å². The molecule has 2 aliphatic rings. The molecule has 0 fully saturated rings. The largest absolute Gasteiger partial charge is 0.326 e. The molecule has 3 aromatic carbocycles. The Morgan fingerprint density at radius 1 is 1.06 bits per heavy atom. The number of thioether (sulfide) groups is 1. The molecule has 0 bridgehead atoms. The summed E-state index contributed by atoms with van der Waals surface area (Å²) in [5.74, 6) is -0.915. The zero-order chi connectivity index (χ0) is 25.2. The Hall–Kier alpha value is -3.78. The van der Waals surface area contributed by atoms with Gasteiger partial charge in [0.1, 0.15) is 11.1 Å². The van der Waals surface area contributed by atoms with Gasteiger partial charge in [0.15, 0.2) is 5.17 Å². The molecule has 0 radical (unpaired) electrons. The number of carbonyl (C=O) groups is 2. The first-order valence-electron chi connectivity index (χ1n) is 11.7. The van der Waals surface area contributed by atoms with Crippen molar-refractivity contribution in [1.82, 2.24) is 5.01 Å². The van der Waals surface area contributed by atoms with Crippen molar-refractivity contribution in [3.05, 3.63) is 101 Å². The second-order valence-electron chi connectivity index (χ2n) is 8.92. The van der Waals surface area contributed by atoms with Gasteiger partial charge in [-0.1, -0.05) is 60.3 Å². The van der Waals surface area contributed by atoms with E-state index in [1.165, 1.54) is 23.9 Å². The Bertz CT molecular complexity index is 1370. The van der Waals surface area contributed by atoms with E-state index < -0.39 is 5.25 Å². The Balaban J connectivity index is 1.33. The van der Waals surface area contributed by atoms with E-state index in [-0.39, 0.29) is 30.1 Å². The van der Waals surface area contributed by atoms with Crippen LogP contribution in [0.1, 0.15) is 41.1 Å². The van der Waals surface area contributed by atoms with E-state index in [1.54, 1.807) is 17.1 Å². The summed E-state index contributed by atoms with van der Waals surface area (Å²) >= 11 is 1.24. The lowest BCUT2D eigenvalue weighted by Gasteiger charge is -2.23. The highest BCUT2D eigenvalue weighted by molar-refractivity contribution is 8.15. The zero-order valence-electron chi connectivity index (χ0n) is 19.9. The van der Waals surface area contributed by atoms with Crippen molar-refractivity contribution in [2.45, 2.75) is 38.0 Å². The maximum absolute atomic E-state index is 13.6. The molecular weight excluding hydrogens is 475 g/mol. The molecule has 0 aliphatic carbocycles. The van der Waals surface area contributed by atoms with Crippen LogP contribution in [-0.4, -0.2) is 33.0 Å².